The van der Waals surface area contributed by atoms with Gasteiger partial charge < -0.3 is 10.3 Å². The van der Waals surface area contributed by atoms with Crippen molar-refractivity contribution in [3.63, 3.8) is 0 Å². The molecule has 3 unspecified atom stereocenters. The van der Waals surface area contributed by atoms with Gasteiger partial charge in [-0.2, -0.15) is 0 Å². The van der Waals surface area contributed by atoms with E-state index in [1.165, 1.54) is 77.1 Å². The minimum Gasteiger partial charge on any atom is -0.312 e. The highest BCUT2D eigenvalue weighted by Crippen LogP contribution is 2.61. The maximum absolute atomic E-state index is 7.06. The highest BCUT2D eigenvalue weighted by atomic mass is 15.1. The summed E-state index contributed by atoms with van der Waals surface area (Å²) in [6, 6.07) is 69.5. The van der Waals surface area contributed by atoms with E-state index in [0.717, 1.165) is 24.1 Å². The van der Waals surface area contributed by atoms with Crippen molar-refractivity contribution in [1.29, 1.82) is 0 Å². The van der Waals surface area contributed by atoms with E-state index in [4.69, 9.17) is 5.73 Å². The van der Waals surface area contributed by atoms with E-state index in [1.807, 2.05) is 0 Å². The van der Waals surface area contributed by atoms with Crippen molar-refractivity contribution in [1.82, 2.24) is 9.88 Å². The van der Waals surface area contributed by atoms with E-state index in [1.54, 1.807) is 0 Å². The molecule has 9 aromatic rings. The molecule has 11 rings (SSSR count). The summed E-state index contributed by atoms with van der Waals surface area (Å²) < 4.78 is 2.57. The summed E-state index contributed by atoms with van der Waals surface area (Å²) >= 11 is 0. The van der Waals surface area contributed by atoms with Gasteiger partial charge in [0.05, 0.1) is 22.6 Å². The van der Waals surface area contributed by atoms with Gasteiger partial charge in [0.15, 0.2) is 0 Å². The number of hydrogen-bond donors (Lipinski definition) is 2. The number of fused-ring (bicyclic) bond motifs is 10. The first-order chi connectivity index (χ1) is 30.9. The second-order valence-electron chi connectivity index (χ2n) is 18.2. The molecule has 2 aliphatic rings. The van der Waals surface area contributed by atoms with Gasteiger partial charge in [0.25, 0.3) is 0 Å². The van der Waals surface area contributed by atoms with E-state index < -0.39 is 11.0 Å². The first kappa shape index (κ1) is 39.1. The minimum atomic E-state index is -0.589. The van der Waals surface area contributed by atoms with E-state index in [9.17, 15) is 0 Å². The third-order valence-electron chi connectivity index (χ3n) is 14.5. The molecule has 3 heteroatoms. The molecule has 4 atom stereocenters. The molecule has 1 aromatic heterocycles. The van der Waals surface area contributed by atoms with Crippen molar-refractivity contribution in [2.24, 2.45) is 17.6 Å². The van der Waals surface area contributed by atoms with Crippen LogP contribution in [0.4, 0.5) is 0 Å². The van der Waals surface area contributed by atoms with Gasteiger partial charge in [0.1, 0.15) is 0 Å². The molecule has 8 aromatic carbocycles. The zero-order valence-corrected chi connectivity index (χ0v) is 36.3. The highest BCUT2D eigenvalue weighted by Gasteiger charge is 2.49. The molecule has 0 spiro atoms. The van der Waals surface area contributed by atoms with Gasteiger partial charge in [-0.15, -0.1) is 0 Å². The van der Waals surface area contributed by atoms with Crippen LogP contribution in [0.3, 0.4) is 0 Å². The van der Waals surface area contributed by atoms with Crippen molar-refractivity contribution in [2.45, 2.75) is 50.7 Å². The number of allylic oxidation sites excluding steroid dienone is 4. The van der Waals surface area contributed by atoms with Gasteiger partial charge in [0, 0.05) is 27.6 Å². The van der Waals surface area contributed by atoms with Crippen LogP contribution in [-0.2, 0) is 11.0 Å². The lowest BCUT2D eigenvalue weighted by atomic mass is 9.67. The first-order valence-corrected chi connectivity index (χ1v) is 22.6. The van der Waals surface area contributed by atoms with Crippen LogP contribution in [0.5, 0.6) is 0 Å². The second kappa shape index (κ2) is 15.5. The largest absolute Gasteiger partial charge is 0.312 e. The molecule has 308 valence electrons. The van der Waals surface area contributed by atoms with Crippen LogP contribution in [-0.4, -0.2) is 4.57 Å². The third kappa shape index (κ3) is 6.17. The molecular formula is C60H53N3. The predicted octanol–water partition coefficient (Wildman–Crippen LogP) is 14.3. The number of nitrogens with zero attached hydrogens (tertiary/aromatic N) is 1. The average molecular weight is 816 g/mol. The maximum atomic E-state index is 7.06. The van der Waals surface area contributed by atoms with Crippen molar-refractivity contribution < 1.29 is 0 Å². The van der Waals surface area contributed by atoms with Gasteiger partial charge in [0.2, 0.25) is 0 Å². The van der Waals surface area contributed by atoms with Crippen LogP contribution in [0.1, 0.15) is 73.2 Å². The summed E-state index contributed by atoms with van der Waals surface area (Å²) in [4.78, 5) is 0. The van der Waals surface area contributed by atoms with Gasteiger partial charge in [-0.05, 0) is 99.5 Å². The first-order valence-electron chi connectivity index (χ1n) is 22.6. The summed E-state index contributed by atoms with van der Waals surface area (Å²) in [7, 11) is 0. The summed E-state index contributed by atoms with van der Waals surface area (Å²) in [6.45, 7) is 7.04. The molecule has 3 N–H and O–H groups in total. The molecule has 0 saturated heterocycles. The van der Waals surface area contributed by atoms with Gasteiger partial charge in [-0.3, -0.25) is 5.32 Å². The number of aromatic nitrogens is 1. The molecule has 3 nitrogen and oxygen atoms in total. The highest BCUT2D eigenvalue weighted by molar-refractivity contribution is 6.27. The lowest BCUT2D eigenvalue weighted by molar-refractivity contribution is 0.217. The molecule has 63 heavy (non-hydrogen) atoms. The van der Waals surface area contributed by atoms with Crippen LogP contribution >= 0.6 is 0 Å². The fourth-order valence-corrected chi connectivity index (χ4v) is 11.4. The van der Waals surface area contributed by atoms with E-state index in [-0.39, 0.29) is 12.1 Å². The van der Waals surface area contributed by atoms with Crippen LogP contribution < -0.4 is 11.1 Å². The van der Waals surface area contributed by atoms with Crippen LogP contribution in [0.15, 0.2) is 212 Å². The summed E-state index contributed by atoms with van der Waals surface area (Å²) in [5.74, 6) is 0.796. The zero-order valence-electron chi connectivity index (χ0n) is 36.3. The van der Waals surface area contributed by atoms with Crippen LogP contribution in [0.25, 0.3) is 49.4 Å². The molecule has 2 aliphatic carbocycles. The topological polar surface area (TPSA) is 43.0 Å². The van der Waals surface area contributed by atoms with Crippen molar-refractivity contribution in [3.05, 3.63) is 245 Å². The van der Waals surface area contributed by atoms with E-state index in [2.05, 4.69) is 237 Å². The lowest BCUT2D eigenvalue weighted by Gasteiger charge is -2.41. The van der Waals surface area contributed by atoms with Crippen molar-refractivity contribution >= 4 is 32.6 Å². The smallest absolute Gasteiger partial charge is 0.0816 e. The van der Waals surface area contributed by atoms with Crippen LogP contribution in [0.2, 0.25) is 0 Å². The molecule has 0 fully saturated rings. The molecule has 0 saturated carbocycles. The Hall–Kier alpha value is -6.78. The number of hydrogen-bond acceptors (Lipinski definition) is 2. The minimum absolute atomic E-state index is 0.252. The van der Waals surface area contributed by atoms with Crippen molar-refractivity contribution in [2.75, 3.05) is 0 Å². The fraction of sp³-hybridized carbons (Fsp3) is 0.167. The van der Waals surface area contributed by atoms with Crippen LogP contribution in [0, 0.1) is 11.8 Å². The Morgan fingerprint density at radius 1 is 0.683 bits per heavy atom. The van der Waals surface area contributed by atoms with Gasteiger partial charge >= 0.3 is 0 Å². The lowest BCUT2D eigenvalue weighted by Crippen LogP contribution is -2.49. The molecule has 1 heterocycles. The predicted molar refractivity (Wildman–Crippen MR) is 264 cm³/mol. The SMILES string of the molecule is CC1C=CC=C(C[C@H](C)C(C)(NC(N)c2ccccc2)c2ccc(-n3c4ccccc4c4c5ccccc5c5c(c43)C(c3ccccc3)(c3ccccc3)c3ccccc3-5)cc2)C1. The third-order valence-corrected chi connectivity index (χ3v) is 14.5. The number of rotatable bonds is 10. The Bertz CT molecular complexity index is 3160. The Morgan fingerprint density at radius 2 is 1.27 bits per heavy atom. The van der Waals surface area contributed by atoms with Gasteiger partial charge in [-0.25, -0.2) is 0 Å². The number of benzene rings is 8. The maximum Gasteiger partial charge on any atom is 0.0816 e. The fourth-order valence-electron chi connectivity index (χ4n) is 11.4. The molecule has 0 amide bonds. The summed E-state index contributed by atoms with van der Waals surface area (Å²) in [5.41, 5.74) is 21.1. The van der Waals surface area contributed by atoms with E-state index >= 15 is 0 Å². The average Bonchev–Trinajstić information content (AvgIpc) is 3.84. The molecule has 0 bridgehead atoms. The summed E-state index contributed by atoms with van der Waals surface area (Å²) in [5, 5.41) is 9.06. The number of nitrogens with two attached hydrogens (primary N) is 1. The Kier molecular flexibility index (Phi) is 9.64. The molecular weight excluding hydrogens is 763 g/mol. The number of para-hydroxylation sites is 1. The van der Waals surface area contributed by atoms with Crippen molar-refractivity contribution in [3.8, 4) is 16.8 Å². The quantitative estimate of drug-likeness (QED) is 0.135. The Balaban J connectivity index is 1.18. The Labute approximate surface area is 371 Å². The Morgan fingerprint density at radius 3 is 1.95 bits per heavy atom. The second-order valence-corrected chi connectivity index (χ2v) is 18.2. The number of nitrogens with one attached hydrogen (secondary N) is 1. The molecule has 0 aliphatic heterocycles. The van der Waals surface area contributed by atoms with E-state index in [0.29, 0.717) is 5.92 Å². The zero-order chi connectivity index (χ0) is 42.7. The normalized spacial score (nSPS) is 17.3. The van der Waals surface area contributed by atoms with Gasteiger partial charge in [-0.1, -0.05) is 208 Å². The standard InChI is InChI=1S/C60H53N3/c1-40-20-19-21-42(38-40)39-41(2)59(3,62-58(61)43-22-7-4-8-23-43)44-34-36-47(37-35-44)63-53-33-18-16-31-51(53)55-49-29-14-13-28-48(49)54-50-30-15-17-32-52(50)60(56(54)57(55)63,45-24-9-5-10-25-45)46-26-11-6-12-27-46/h4-37,40-41,58,62H,38-39,61H2,1-3H3/t40?,41-,58?,59?/m0/s1. The molecule has 0 radical (unpaired) electrons. The summed E-state index contributed by atoms with van der Waals surface area (Å²) in [6.07, 6.45) is 8.60. The monoisotopic (exact) mass is 815 g/mol.